The number of ether oxygens (including phenoxy) is 1. The van der Waals surface area contributed by atoms with Crippen molar-refractivity contribution in [3.8, 4) is 11.5 Å². The lowest BCUT2D eigenvalue weighted by Crippen LogP contribution is -2.07. The molecule has 1 aromatic carbocycles. The molecule has 21 heavy (non-hydrogen) atoms. The van der Waals surface area contributed by atoms with Gasteiger partial charge in [-0.2, -0.15) is 0 Å². The molecular formula is C13H16BrN3O3S. The van der Waals surface area contributed by atoms with E-state index in [4.69, 9.17) is 14.9 Å². The summed E-state index contributed by atoms with van der Waals surface area (Å²) in [5.41, 5.74) is 0. The van der Waals surface area contributed by atoms with Crippen LogP contribution in [0.1, 0.15) is 0 Å². The van der Waals surface area contributed by atoms with Crippen molar-refractivity contribution in [1.29, 1.82) is 0 Å². The number of hydrogen-bond donors (Lipinski definition) is 3. The number of phenolic OH excluding ortho intramolecular Hbond substituents is 2. The molecule has 0 aliphatic carbocycles. The molecule has 0 spiro atoms. The summed E-state index contributed by atoms with van der Waals surface area (Å²) in [5, 5.41) is 17.3. The fraction of sp³-hybridized carbons (Fsp3) is 0.231. The fourth-order valence-electron chi connectivity index (χ4n) is 1.29. The molecule has 1 aliphatic heterocycles. The van der Waals surface area contributed by atoms with Crippen LogP contribution < -0.4 is 4.72 Å². The molecule has 3 N–H and O–H groups in total. The third kappa shape index (κ3) is 6.54. The largest absolute Gasteiger partial charge is 0.508 e. The first-order valence-electron chi connectivity index (χ1n) is 5.85. The van der Waals surface area contributed by atoms with Crippen molar-refractivity contribution in [1.82, 2.24) is 4.72 Å². The van der Waals surface area contributed by atoms with Gasteiger partial charge in [0.05, 0.1) is 13.3 Å². The molecule has 114 valence electrons. The van der Waals surface area contributed by atoms with Crippen LogP contribution >= 0.6 is 27.9 Å². The maximum Gasteiger partial charge on any atom is 0.176 e. The van der Waals surface area contributed by atoms with Gasteiger partial charge in [-0.3, -0.25) is 4.99 Å². The number of aliphatic imine (C=N–C) groups is 2. The van der Waals surface area contributed by atoms with Crippen LogP contribution in [0.15, 0.2) is 45.8 Å². The highest BCUT2D eigenvalue weighted by Crippen LogP contribution is 2.14. The maximum absolute atomic E-state index is 8.65. The first-order chi connectivity index (χ1) is 10.1. The van der Waals surface area contributed by atoms with Crippen molar-refractivity contribution in [3.05, 3.63) is 35.8 Å². The monoisotopic (exact) mass is 373 g/mol. The SMILES string of the molecule is COC1=C(NSC)N=CC(Br)=NC1.Oc1cccc(O)c1. The van der Waals surface area contributed by atoms with Crippen molar-refractivity contribution in [3.63, 3.8) is 0 Å². The molecule has 8 heteroatoms. The van der Waals surface area contributed by atoms with Crippen LogP contribution in [0.25, 0.3) is 0 Å². The summed E-state index contributed by atoms with van der Waals surface area (Å²) in [6.07, 6.45) is 3.57. The molecule has 6 nitrogen and oxygen atoms in total. The van der Waals surface area contributed by atoms with Gasteiger partial charge in [-0.1, -0.05) is 18.0 Å². The lowest BCUT2D eigenvalue weighted by Gasteiger charge is -2.07. The Morgan fingerprint density at radius 3 is 2.48 bits per heavy atom. The Kier molecular flexibility index (Phi) is 7.70. The number of hydrogen-bond acceptors (Lipinski definition) is 7. The van der Waals surface area contributed by atoms with Crippen molar-refractivity contribution < 1.29 is 14.9 Å². The van der Waals surface area contributed by atoms with E-state index in [1.807, 2.05) is 6.26 Å². The van der Waals surface area contributed by atoms with Gasteiger partial charge in [0.1, 0.15) is 22.7 Å². The van der Waals surface area contributed by atoms with E-state index < -0.39 is 0 Å². The number of nitrogens with zero attached hydrogens (tertiary/aromatic N) is 2. The predicted molar refractivity (Wildman–Crippen MR) is 90.2 cm³/mol. The Hall–Kier alpha value is -1.67. The van der Waals surface area contributed by atoms with E-state index in [9.17, 15) is 0 Å². The average Bonchev–Trinajstić information content (AvgIpc) is 2.62. The first-order valence-corrected chi connectivity index (χ1v) is 7.86. The Balaban J connectivity index is 0.000000235. The summed E-state index contributed by atoms with van der Waals surface area (Å²) >= 11 is 4.73. The molecule has 1 aromatic rings. The lowest BCUT2D eigenvalue weighted by molar-refractivity contribution is 0.281. The van der Waals surface area contributed by atoms with Crippen molar-refractivity contribution in [2.75, 3.05) is 19.9 Å². The molecule has 0 bridgehead atoms. The minimum Gasteiger partial charge on any atom is -0.508 e. The summed E-state index contributed by atoms with van der Waals surface area (Å²) in [6.45, 7) is 0.500. The third-order valence-electron chi connectivity index (χ3n) is 2.21. The van der Waals surface area contributed by atoms with Crippen LogP contribution in [0.4, 0.5) is 0 Å². The van der Waals surface area contributed by atoms with Gasteiger partial charge < -0.3 is 19.7 Å². The van der Waals surface area contributed by atoms with Gasteiger partial charge in [0.15, 0.2) is 11.6 Å². The Morgan fingerprint density at radius 1 is 1.33 bits per heavy atom. The molecule has 1 aliphatic rings. The zero-order valence-corrected chi connectivity index (χ0v) is 14.0. The van der Waals surface area contributed by atoms with Crippen LogP contribution in [0.3, 0.4) is 0 Å². The predicted octanol–water partition coefficient (Wildman–Crippen LogP) is 2.65. The van der Waals surface area contributed by atoms with E-state index >= 15 is 0 Å². The zero-order valence-electron chi connectivity index (χ0n) is 11.6. The zero-order chi connectivity index (χ0) is 15.7. The van der Waals surface area contributed by atoms with E-state index in [0.29, 0.717) is 12.4 Å². The quantitative estimate of drug-likeness (QED) is 0.709. The summed E-state index contributed by atoms with van der Waals surface area (Å²) in [5.74, 6) is 1.63. The van der Waals surface area contributed by atoms with E-state index in [2.05, 4.69) is 30.6 Å². The second-order valence-electron chi connectivity index (χ2n) is 3.70. The molecule has 2 rings (SSSR count). The highest BCUT2D eigenvalue weighted by Gasteiger charge is 2.08. The standard InChI is InChI=1S/C7H10BrN3OS.C6H6O2/c1-12-5-3-9-6(8)4-10-7(5)11-13-2;7-5-2-1-3-6(8)4-5/h4,11H,3H2,1-2H3;1-4,7-8H. The Morgan fingerprint density at radius 2 is 2.00 bits per heavy atom. The van der Waals surface area contributed by atoms with E-state index in [-0.39, 0.29) is 11.5 Å². The van der Waals surface area contributed by atoms with Gasteiger partial charge in [0, 0.05) is 12.3 Å². The number of benzene rings is 1. The molecule has 0 aromatic heterocycles. The number of aromatic hydroxyl groups is 2. The van der Waals surface area contributed by atoms with Crippen LogP contribution in [0.5, 0.6) is 11.5 Å². The van der Waals surface area contributed by atoms with Gasteiger partial charge in [-0.15, -0.1) is 0 Å². The Labute approximate surface area is 135 Å². The van der Waals surface area contributed by atoms with E-state index in [1.165, 1.54) is 30.1 Å². The summed E-state index contributed by atoms with van der Waals surface area (Å²) in [7, 11) is 1.61. The number of halogens is 1. The lowest BCUT2D eigenvalue weighted by atomic mass is 10.3. The third-order valence-corrected chi connectivity index (χ3v) is 3.07. The highest BCUT2D eigenvalue weighted by atomic mass is 79.9. The van der Waals surface area contributed by atoms with Crippen molar-refractivity contribution in [2.24, 2.45) is 9.98 Å². The molecule has 0 atom stereocenters. The summed E-state index contributed by atoms with van der Waals surface area (Å²) in [6, 6.07) is 5.85. The molecular weight excluding hydrogens is 358 g/mol. The second kappa shape index (κ2) is 9.30. The van der Waals surface area contributed by atoms with Crippen molar-refractivity contribution >= 4 is 38.7 Å². The fourth-order valence-corrected chi connectivity index (χ4v) is 1.87. The molecule has 1 heterocycles. The van der Waals surface area contributed by atoms with Crippen LogP contribution in [-0.4, -0.2) is 41.0 Å². The molecule has 0 fully saturated rings. The van der Waals surface area contributed by atoms with E-state index in [1.54, 1.807) is 19.4 Å². The summed E-state index contributed by atoms with van der Waals surface area (Å²) < 4.78 is 8.89. The summed E-state index contributed by atoms with van der Waals surface area (Å²) in [4.78, 5) is 8.33. The van der Waals surface area contributed by atoms with Gasteiger partial charge in [-0.05, 0) is 28.1 Å². The number of nitrogens with one attached hydrogen (secondary N) is 1. The number of methoxy groups -OCH3 is 1. The van der Waals surface area contributed by atoms with Crippen LogP contribution in [-0.2, 0) is 4.74 Å². The van der Waals surface area contributed by atoms with Gasteiger partial charge in [0.2, 0.25) is 0 Å². The normalized spacial score (nSPS) is 13.8. The number of phenols is 2. The topological polar surface area (TPSA) is 86.4 Å². The first kappa shape index (κ1) is 17.4. The molecule has 0 unspecified atom stereocenters. The second-order valence-corrected chi connectivity index (χ2v) is 5.12. The van der Waals surface area contributed by atoms with Crippen LogP contribution in [0, 0.1) is 0 Å². The smallest absolute Gasteiger partial charge is 0.176 e. The molecule has 0 amide bonds. The van der Waals surface area contributed by atoms with Gasteiger partial charge in [-0.25, -0.2) is 4.99 Å². The van der Waals surface area contributed by atoms with Crippen molar-refractivity contribution in [2.45, 2.75) is 0 Å². The van der Waals surface area contributed by atoms with Crippen LogP contribution in [0.2, 0.25) is 0 Å². The minimum atomic E-state index is 0.0880. The number of rotatable bonds is 3. The average molecular weight is 374 g/mol. The molecule has 0 saturated carbocycles. The minimum absolute atomic E-state index is 0.0880. The molecule has 0 radical (unpaired) electrons. The van der Waals surface area contributed by atoms with Gasteiger partial charge >= 0.3 is 0 Å². The maximum atomic E-state index is 8.65. The molecule has 0 saturated heterocycles. The Bertz CT molecular complexity index is 544. The van der Waals surface area contributed by atoms with E-state index in [0.717, 1.165) is 10.4 Å². The van der Waals surface area contributed by atoms with Gasteiger partial charge in [0.25, 0.3) is 0 Å². The highest BCUT2D eigenvalue weighted by molar-refractivity contribution is 9.19.